The van der Waals surface area contributed by atoms with E-state index in [0.717, 1.165) is 28.0 Å². The van der Waals surface area contributed by atoms with Crippen molar-refractivity contribution in [3.05, 3.63) is 65.5 Å². The SMILES string of the molecule is N#Cc1snc2c1c(-c1ccccc1)nn2-c1ccccc1. The Morgan fingerprint density at radius 2 is 1.64 bits per heavy atom. The van der Waals surface area contributed by atoms with E-state index in [1.54, 1.807) is 4.68 Å². The summed E-state index contributed by atoms with van der Waals surface area (Å²) in [7, 11) is 0. The molecule has 0 unspecified atom stereocenters. The minimum Gasteiger partial charge on any atom is -0.213 e. The molecule has 4 nitrogen and oxygen atoms in total. The normalized spacial score (nSPS) is 10.7. The van der Waals surface area contributed by atoms with E-state index in [2.05, 4.69) is 10.4 Å². The molecule has 0 bridgehead atoms. The fourth-order valence-electron chi connectivity index (χ4n) is 2.46. The summed E-state index contributed by atoms with van der Waals surface area (Å²) in [6.45, 7) is 0. The van der Waals surface area contributed by atoms with Crippen LogP contribution >= 0.6 is 11.5 Å². The summed E-state index contributed by atoms with van der Waals surface area (Å²) in [5.41, 5.74) is 3.44. The molecule has 0 atom stereocenters. The van der Waals surface area contributed by atoms with E-state index in [4.69, 9.17) is 5.10 Å². The molecule has 0 spiro atoms. The Hall–Kier alpha value is -2.97. The van der Waals surface area contributed by atoms with E-state index < -0.39 is 0 Å². The number of nitriles is 1. The topological polar surface area (TPSA) is 54.5 Å². The highest BCUT2D eigenvalue weighted by Gasteiger charge is 2.20. The number of benzene rings is 2. The summed E-state index contributed by atoms with van der Waals surface area (Å²) >= 11 is 1.22. The Bertz CT molecular complexity index is 978. The average molecular weight is 302 g/mol. The Balaban J connectivity index is 2.06. The van der Waals surface area contributed by atoms with Gasteiger partial charge in [0.05, 0.1) is 11.1 Å². The highest BCUT2D eigenvalue weighted by molar-refractivity contribution is 7.07. The van der Waals surface area contributed by atoms with Crippen molar-refractivity contribution in [2.45, 2.75) is 0 Å². The third-order valence-electron chi connectivity index (χ3n) is 3.46. The van der Waals surface area contributed by atoms with Crippen LogP contribution in [0.4, 0.5) is 0 Å². The summed E-state index contributed by atoms with van der Waals surface area (Å²) in [4.78, 5) is 0.594. The number of aromatic nitrogens is 3. The molecule has 5 heteroatoms. The van der Waals surface area contributed by atoms with Gasteiger partial charge in [0.2, 0.25) is 0 Å². The standard InChI is InChI=1S/C17H10N4S/c18-11-14-15-16(12-7-3-1-4-8-12)19-21(17(15)20-22-14)13-9-5-2-6-10-13/h1-10H. The van der Waals surface area contributed by atoms with Gasteiger partial charge in [-0.25, -0.2) is 4.68 Å². The lowest BCUT2D eigenvalue weighted by molar-refractivity contribution is 0.906. The van der Waals surface area contributed by atoms with Crippen LogP contribution in [0.25, 0.3) is 28.0 Å². The molecular formula is C17H10N4S. The molecule has 0 aliphatic carbocycles. The largest absolute Gasteiger partial charge is 0.213 e. The fraction of sp³-hybridized carbons (Fsp3) is 0. The van der Waals surface area contributed by atoms with Gasteiger partial charge < -0.3 is 0 Å². The van der Waals surface area contributed by atoms with Gasteiger partial charge in [-0.15, -0.1) is 0 Å². The highest BCUT2D eigenvalue weighted by Crippen LogP contribution is 2.33. The number of fused-ring (bicyclic) bond motifs is 1. The minimum absolute atomic E-state index is 0.594. The van der Waals surface area contributed by atoms with Crippen LogP contribution < -0.4 is 0 Å². The second-order valence-electron chi connectivity index (χ2n) is 4.78. The van der Waals surface area contributed by atoms with Crippen LogP contribution in [0, 0.1) is 11.3 Å². The molecule has 4 rings (SSSR count). The maximum atomic E-state index is 9.36. The van der Waals surface area contributed by atoms with Crippen molar-refractivity contribution in [3.63, 3.8) is 0 Å². The van der Waals surface area contributed by atoms with Crippen molar-refractivity contribution in [2.24, 2.45) is 0 Å². The van der Waals surface area contributed by atoms with Crippen LogP contribution in [0.1, 0.15) is 4.88 Å². The maximum Gasteiger partial charge on any atom is 0.178 e. The Kier molecular flexibility index (Phi) is 2.95. The van der Waals surface area contributed by atoms with Crippen LogP contribution in [0.5, 0.6) is 0 Å². The summed E-state index contributed by atoms with van der Waals surface area (Å²) in [5.74, 6) is 0. The van der Waals surface area contributed by atoms with Crippen LogP contribution in [-0.2, 0) is 0 Å². The minimum atomic E-state index is 0.594. The fourth-order valence-corrected chi connectivity index (χ4v) is 3.13. The predicted molar refractivity (Wildman–Crippen MR) is 86.9 cm³/mol. The molecule has 0 saturated carbocycles. The molecule has 0 aliphatic rings. The Morgan fingerprint density at radius 3 is 2.32 bits per heavy atom. The van der Waals surface area contributed by atoms with E-state index in [-0.39, 0.29) is 0 Å². The van der Waals surface area contributed by atoms with Crippen molar-refractivity contribution in [2.75, 3.05) is 0 Å². The van der Waals surface area contributed by atoms with Gasteiger partial charge in [0.1, 0.15) is 16.6 Å². The van der Waals surface area contributed by atoms with E-state index in [1.165, 1.54) is 11.5 Å². The van der Waals surface area contributed by atoms with Gasteiger partial charge in [-0.1, -0.05) is 48.5 Å². The van der Waals surface area contributed by atoms with Gasteiger partial charge in [0, 0.05) is 5.56 Å². The third kappa shape index (κ3) is 1.90. The maximum absolute atomic E-state index is 9.36. The average Bonchev–Trinajstić information content (AvgIpc) is 3.16. The lowest BCUT2D eigenvalue weighted by atomic mass is 10.1. The lowest BCUT2D eigenvalue weighted by Gasteiger charge is -2.00. The van der Waals surface area contributed by atoms with Crippen LogP contribution in [-0.4, -0.2) is 14.2 Å². The van der Waals surface area contributed by atoms with Crippen molar-refractivity contribution >= 4 is 22.6 Å². The highest BCUT2D eigenvalue weighted by atomic mass is 32.1. The number of nitrogens with zero attached hydrogens (tertiary/aromatic N) is 4. The first-order chi connectivity index (χ1) is 10.9. The first-order valence-electron chi connectivity index (χ1n) is 6.78. The molecule has 104 valence electrons. The first-order valence-corrected chi connectivity index (χ1v) is 7.55. The quantitative estimate of drug-likeness (QED) is 0.562. The smallest absolute Gasteiger partial charge is 0.178 e. The van der Waals surface area contributed by atoms with Gasteiger partial charge in [0.25, 0.3) is 0 Å². The number of para-hydroxylation sites is 1. The molecule has 0 N–H and O–H groups in total. The molecule has 4 aromatic rings. The molecule has 2 heterocycles. The molecule has 2 aromatic carbocycles. The van der Waals surface area contributed by atoms with Crippen molar-refractivity contribution < 1.29 is 0 Å². The molecule has 22 heavy (non-hydrogen) atoms. The second-order valence-corrected chi connectivity index (χ2v) is 5.56. The van der Waals surface area contributed by atoms with E-state index in [1.807, 2.05) is 60.7 Å². The van der Waals surface area contributed by atoms with Crippen LogP contribution in [0.2, 0.25) is 0 Å². The Labute approximate surface area is 131 Å². The van der Waals surface area contributed by atoms with Crippen molar-refractivity contribution in [1.82, 2.24) is 14.2 Å². The number of hydrogen-bond donors (Lipinski definition) is 0. The van der Waals surface area contributed by atoms with Gasteiger partial charge >= 0.3 is 0 Å². The molecule has 0 amide bonds. The van der Waals surface area contributed by atoms with E-state index >= 15 is 0 Å². The van der Waals surface area contributed by atoms with Gasteiger partial charge in [-0.2, -0.15) is 14.7 Å². The third-order valence-corrected chi connectivity index (χ3v) is 4.20. The zero-order valence-corrected chi connectivity index (χ0v) is 12.3. The molecular weight excluding hydrogens is 292 g/mol. The zero-order chi connectivity index (χ0) is 14.9. The first kappa shape index (κ1) is 12.7. The van der Waals surface area contributed by atoms with Gasteiger partial charge in [-0.05, 0) is 23.7 Å². The summed E-state index contributed by atoms with van der Waals surface area (Å²) < 4.78 is 6.23. The van der Waals surface area contributed by atoms with Crippen LogP contribution in [0.15, 0.2) is 60.7 Å². The van der Waals surface area contributed by atoms with Gasteiger partial charge in [-0.3, -0.25) is 0 Å². The van der Waals surface area contributed by atoms with Crippen molar-refractivity contribution in [3.8, 4) is 23.0 Å². The van der Waals surface area contributed by atoms with E-state index in [9.17, 15) is 5.26 Å². The molecule has 0 saturated heterocycles. The second kappa shape index (κ2) is 5.10. The summed E-state index contributed by atoms with van der Waals surface area (Å²) in [6, 6.07) is 22.0. The predicted octanol–water partition coefficient (Wildman–Crippen LogP) is 4.02. The monoisotopic (exact) mass is 302 g/mol. The van der Waals surface area contributed by atoms with E-state index in [0.29, 0.717) is 4.88 Å². The zero-order valence-electron chi connectivity index (χ0n) is 11.5. The van der Waals surface area contributed by atoms with Crippen molar-refractivity contribution in [1.29, 1.82) is 5.26 Å². The van der Waals surface area contributed by atoms with Gasteiger partial charge in [0.15, 0.2) is 5.65 Å². The molecule has 0 aliphatic heterocycles. The summed E-state index contributed by atoms with van der Waals surface area (Å²) in [5, 5.41) is 14.9. The number of hydrogen-bond acceptors (Lipinski definition) is 4. The molecule has 0 fully saturated rings. The molecule has 2 aromatic heterocycles. The van der Waals surface area contributed by atoms with Crippen LogP contribution in [0.3, 0.4) is 0 Å². The lowest BCUT2D eigenvalue weighted by Crippen LogP contribution is -1.96. The summed E-state index contributed by atoms with van der Waals surface area (Å²) in [6.07, 6.45) is 0. The number of rotatable bonds is 2. The molecule has 0 radical (unpaired) electrons. The Morgan fingerprint density at radius 1 is 0.955 bits per heavy atom.